The first-order valence-corrected chi connectivity index (χ1v) is 15.8. The monoisotopic (exact) mass is 661 g/mol. The number of carbonyl (C=O) groups is 1. The number of hydrogen-bond acceptors (Lipinski definition) is 12. The van der Waals surface area contributed by atoms with Crippen molar-refractivity contribution < 1.29 is 32.9 Å². The van der Waals surface area contributed by atoms with Crippen LogP contribution in [0.15, 0.2) is 54.3 Å². The average Bonchev–Trinajstić information content (AvgIpc) is 3.75. The predicted molar refractivity (Wildman–Crippen MR) is 167 cm³/mol. The molecule has 0 unspecified atom stereocenters. The van der Waals surface area contributed by atoms with Crippen LogP contribution in [0.25, 0.3) is 10.7 Å². The molecule has 0 bridgehead atoms. The number of rotatable bonds is 7. The number of thiophene rings is 1. The van der Waals surface area contributed by atoms with Gasteiger partial charge in [-0.1, -0.05) is 17.9 Å². The van der Waals surface area contributed by atoms with E-state index in [4.69, 9.17) is 14.2 Å². The smallest absolute Gasteiger partial charge is 0.326 e. The summed E-state index contributed by atoms with van der Waals surface area (Å²) in [7, 11) is 0. The lowest BCUT2D eigenvalue weighted by Gasteiger charge is -2.53. The zero-order valence-corrected chi connectivity index (χ0v) is 25.9. The van der Waals surface area contributed by atoms with Crippen LogP contribution in [0, 0.1) is 11.8 Å². The van der Waals surface area contributed by atoms with Gasteiger partial charge in [0.1, 0.15) is 23.4 Å². The van der Waals surface area contributed by atoms with E-state index in [-0.39, 0.29) is 30.8 Å². The van der Waals surface area contributed by atoms with E-state index in [2.05, 4.69) is 48.6 Å². The highest BCUT2D eigenvalue weighted by Gasteiger charge is 2.50. The van der Waals surface area contributed by atoms with Crippen LogP contribution in [-0.2, 0) is 14.3 Å². The highest BCUT2D eigenvalue weighted by atomic mass is 32.1. The topological polar surface area (TPSA) is 136 Å². The molecule has 4 aromatic heterocycles. The van der Waals surface area contributed by atoms with Crippen LogP contribution in [0.2, 0.25) is 0 Å². The normalized spacial score (nSPS) is 21.7. The number of aromatic nitrogens is 5. The van der Waals surface area contributed by atoms with Gasteiger partial charge >= 0.3 is 5.97 Å². The molecule has 47 heavy (non-hydrogen) atoms. The minimum atomic E-state index is -2.97. The van der Waals surface area contributed by atoms with E-state index in [1.165, 1.54) is 16.2 Å². The van der Waals surface area contributed by atoms with Gasteiger partial charge in [-0.25, -0.2) is 23.5 Å². The summed E-state index contributed by atoms with van der Waals surface area (Å²) in [6, 6.07) is 7.81. The Morgan fingerprint density at radius 2 is 2.00 bits per heavy atom. The first-order valence-electron chi connectivity index (χ1n) is 14.9. The summed E-state index contributed by atoms with van der Waals surface area (Å²) in [5.74, 6) is 4.56. The number of aliphatic carboxylic acids is 1. The summed E-state index contributed by atoms with van der Waals surface area (Å²) in [5, 5.41) is 11.9. The van der Waals surface area contributed by atoms with Crippen LogP contribution >= 0.6 is 11.3 Å². The number of hydrogen-bond donors (Lipinski definition) is 1. The van der Waals surface area contributed by atoms with Crippen molar-refractivity contribution in [1.29, 1.82) is 0 Å². The third-order valence-electron chi connectivity index (χ3n) is 8.46. The Kier molecular flexibility index (Phi) is 8.39. The van der Waals surface area contributed by atoms with Crippen LogP contribution in [0.4, 0.5) is 20.4 Å². The van der Waals surface area contributed by atoms with E-state index in [0.29, 0.717) is 48.4 Å². The molecule has 0 amide bonds. The lowest BCUT2D eigenvalue weighted by Crippen LogP contribution is -2.68. The standard InChI is InChI=1S/C32H29F2N7O5S/c1-19-32(17-44-18-32)45-10-9-40(19)23-12-21(7-6-20-4-2-8-35-14-20)15-36-29(23)46-22-13-24(30(42)43)41(16-22)31-38-27(25-5-3-11-47-25)37-28(39-31)26(33)34/h2-5,8,11-12,14-15,19,22,24,26H,9-10,13,16-18H2,1H3,(H,42,43)/t19-,22-,24-/m0/s1. The first-order chi connectivity index (χ1) is 22.8. The van der Waals surface area contributed by atoms with Gasteiger partial charge in [-0.05, 0) is 36.6 Å². The third-order valence-corrected chi connectivity index (χ3v) is 9.32. The summed E-state index contributed by atoms with van der Waals surface area (Å²) in [6.45, 7) is 4.04. The Morgan fingerprint density at radius 3 is 2.70 bits per heavy atom. The largest absolute Gasteiger partial charge is 0.480 e. The van der Waals surface area contributed by atoms with E-state index in [0.717, 1.165) is 5.56 Å². The summed E-state index contributed by atoms with van der Waals surface area (Å²) in [5.41, 5.74) is 1.61. The Balaban J connectivity index is 1.21. The molecule has 3 aliphatic rings. The predicted octanol–water partition coefficient (Wildman–Crippen LogP) is 3.83. The second kappa shape index (κ2) is 12.8. The zero-order valence-electron chi connectivity index (χ0n) is 25.1. The average molecular weight is 662 g/mol. The summed E-state index contributed by atoms with van der Waals surface area (Å²) < 4.78 is 45.8. The molecule has 15 heteroatoms. The number of halogens is 2. The van der Waals surface area contributed by atoms with Gasteiger partial charge in [-0.15, -0.1) is 11.3 Å². The molecule has 4 aromatic rings. The number of anilines is 2. The molecule has 3 fully saturated rings. The fourth-order valence-electron chi connectivity index (χ4n) is 5.91. The van der Waals surface area contributed by atoms with Crippen molar-refractivity contribution in [2.24, 2.45) is 0 Å². The first kappa shape index (κ1) is 30.9. The minimum Gasteiger partial charge on any atom is -0.480 e. The molecule has 12 nitrogen and oxygen atoms in total. The van der Waals surface area contributed by atoms with Crippen molar-refractivity contribution in [2.75, 3.05) is 42.7 Å². The van der Waals surface area contributed by atoms with Gasteiger partial charge in [0.2, 0.25) is 17.7 Å². The number of carboxylic acid groups (broad SMARTS) is 1. The van der Waals surface area contributed by atoms with Crippen LogP contribution in [0.3, 0.4) is 0 Å². The number of carboxylic acids is 1. The maximum atomic E-state index is 13.8. The van der Waals surface area contributed by atoms with Crippen molar-refractivity contribution in [3.05, 3.63) is 71.3 Å². The molecule has 1 N–H and O–H groups in total. The van der Waals surface area contributed by atoms with Crippen LogP contribution in [0.5, 0.6) is 5.88 Å². The maximum absolute atomic E-state index is 13.8. The van der Waals surface area contributed by atoms with Crippen molar-refractivity contribution in [3.63, 3.8) is 0 Å². The van der Waals surface area contributed by atoms with Crippen molar-refractivity contribution in [2.45, 2.75) is 43.6 Å². The highest BCUT2D eigenvalue weighted by molar-refractivity contribution is 7.13. The van der Waals surface area contributed by atoms with E-state index in [1.54, 1.807) is 36.1 Å². The van der Waals surface area contributed by atoms with Crippen molar-refractivity contribution in [1.82, 2.24) is 24.9 Å². The van der Waals surface area contributed by atoms with Gasteiger partial charge in [0.15, 0.2) is 5.82 Å². The number of nitrogens with zero attached hydrogens (tertiary/aromatic N) is 7. The fourth-order valence-corrected chi connectivity index (χ4v) is 6.57. The minimum absolute atomic E-state index is 0.0215. The second-order valence-corrected chi connectivity index (χ2v) is 12.3. The van der Waals surface area contributed by atoms with E-state index in [9.17, 15) is 18.7 Å². The molecule has 3 aliphatic heterocycles. The third kappa shape index (κ3) is 6.19. The van der Waals surface area contributed by atoms with Crippen molar-refractivity contribution >= 4 is 28.9 Å². The zero-order chi connectivity index (χ0) is 32.5. The summed E-state index contributed by atoms with van der Waals surface area (Å²) in [4.78, 5) is 37.6. The molecular formula is C32H29F2N7O5S. The van der Waals surface area contributed by atoms with Crippen molar-refractivity contribution in [3.8, 4) is 28.4 Å². The van der Waals surface area contributed by atoms with Gasteiger partial charge < -0.3 is 29.1 Å². The number of morpholine rings is 1. The molecule has 7 heterocycles. The SMILES string of the molecule is C[C@@H]1N(c2cc(C#Cc3cccnc3)cnc2O[C@H]2C[C@@H](C(=O)O)N(c3nc(-c4cccs4)nc(C(F)F)n3)C2)CCOC12COC2. The Labute approximate surface area is 272 Å². The fraction of sp³-hybridized carbons (Fsp3) is 0.375. The van der Waals surface area contributed by atoms with Crippen LogP contribution in [-0.4, -0.2) is 92.7 Å². The Hall–Kier alpha value is -4.78. The van der Waals surface area contributed by atoms with Crippen LogP contribution < -0.4 is 14.5 Å². The molecule has 7 rings (SSSR count). The molecule has 3 atom stereocenters. The lowest BCUT2D eigenvalue weighted by molar-refractivity contribution is -0.228. The number of ether oxygens (including phenoxy) is 3. The quantitative estimate of drug-likeness (QED) is 0.289. The molecule has 0 aliphatic carbocycles. The van der Waals surface area contributed by atoms with E-state index >= 15 is 0 Å². The van der Waals surface area contributed by atoms with Gasteiger partial charge in [-0.2, -0.15) is 9.97 Å². The summed E-state index contributed by atoms with van der Waals surface area (Å²) in [6.07, 6.45) is 1.35. The van der Waals surface area contributed by atoms with E-state index < -0.39 is 36.0 Å². The molecule has 0 aromatic carbocycles. The Morgan fingerprint density at radius 1 is 1.15 bits per heavy atom. The molecular weight excluding hydrogens is 632 g/mol. The number of pyridine rings is 2. The van der Waals surface area contributed by atoms with E-state index in [1.807, 2.05) is 18.2 Å². The Bertz CT molecular complexity index is 1820. The van der Waals surface area contributed by atoms with Gasteiger partial charge in [0, 0.05) is 42.7 Å². The molecule has 242 valence electrons. The molecule has 0 radical (unpaired) electrons. The summed E-state index contributed by atoms with van der Waals surface area (Å²) >= 11 is 1.28. The molecule has 1 spiro atoms. The van der Waals surface area contributed by atoms with Crippen LogP contribution in [0.1, 0.15) is 36.7 Å². The highest BCUT2D eigenvalue weighted by Crippen LogP contribution is 2.39. The molecule has 0 saturated carbocycles. The molecule has 3 saturated heterocycles. The number of alkyl halides is 2. The van der Waals surface area contributed by atoms with Gasteiger partial charge in [-0.3, -0.25) is 4.98 Å². The van der Waals surface area contributed by atoms with Gasteiger partial charge in [0.05, 0.1) is 37.3 Å². The second-order valence-electron chi connectivity index (χ2n) is 11.4. The van der Waals surface area contributed by atoms with Gasteiger partial charge in [0.25, 0.3) is 6.43 Å². The lowest BCUT2D eigenvalue weighted by atomic mass is 9.90. The maximum Gasteiger partial charge on any atom is 0.326 e.